The average Bonchev–Trinajstić information content (AvgIpc) is 2.82. The summed E-state index contributed by atoms with van der Waals surface area (Å²) >= 11 is 0. The highest BCUT2D eigenvalue weighted by atomic mass is 16.5. The Morgan fingerprint density at radius 2 is 2.04 bits per heavy atom. The van der Waals surface area contributed by atoms with E-state index in [2.05, 4.69) is 10.3 Å². The summed E-state index contributed by atoms with van der Waals surface area (Å²) < 4.78 is 7.49. The molecule has 0 fully saturated rings. The van der Waals surface area contributed by atoms with Crippen molar-refractivity contribution in [3.8, 4) is 5.75 Å². The summed E-state index contributed by atoms with van der Waals surface area (Å²) in [7, 11) is 0. The highest BCUT2D eigenvalue weighted by molar-refractivity contribution is 5.95. The summed E-state index contributed by atoms with van der Waals surface area (Å²) in [5.41, 5.74) is 4.53. The van der Waals surface area contributed by atoms with Gasteiger partial charge >= 0.3 is 0 Å². The van der Waals surface area contributed by atoms with Gasteiger partial charge in [-0.15, -0.1) is 0 Å². The largest absolute Gasteiger partial charge is 0.484 e. The fraction of sp³-hybridized carbons (Fsp3) is 0.222. The van der Waals surface area contributed by atoms with Crippen LogP contribution < -0.4 is 10.1 Å². The van der Waals surface area contributed by atoms with Gasteiger partial charge in [0.25, 0.3) is 5.91 Å². The Kier molecular flexibility index (Phi) is 4.02. The van der Waals surface area contributed by atoms with Crippen molar-refractivity contribution >= 4 is 17.2 Å². The van der Waals surface area contributed by atoms with Crippen molar-refractivity contribution in [3.63, 3.8) is 0 Å². The van der Waals surface area contributed by atoms with Crippen LogP contribution in [0.15, 0.2) is 42.6 Å². The van der Waals surface area contributed by atoms with Crippen LogP contribution in [0.2, 0.25) is 0 Å². The third kappa shape index (κ3) is 3.18. The molecule has 3 rings (SSSR count). The molecule has 2 aromatic heterocycles. The minimum atomic E-state index is -0.210. The number of hydrogen-bond acceptors (Lipinski definition) is 3. The number of fused-ring (bicyclic) bond motifs is 1. The molecule has 0 aliphatic rings. The van der Waals surface area contributed by atoms with E-state index in [1.807, 2.05) is 67.8 Å². The number of nitrogens with zero attached hydrogens (tertiary/aromatic N) is 2. The van der Waals surface area contributed by atoms with E-state index in [0.717, 1.165) is 22.6 Å². The van der Waals surface area contributed by atoms with Gasteiger partial charge in [0.15, 0.2) is 12.3 Å². The first-order valence-electron chi connectivity index (χ1n) is 7.48. The normalized spacial score (nSPS) is 10.7. The molecule has 0 spiro atoms. The molecule has 0 atom stereocenters. The minimum Gasteiger partial charge on any atom is -0.484 e. The first-order chi connectivity index (χ1) is 11.0. The number of imidazole rings is 1. The molecule has 5 nitrogen and oxygen atoms in total. The monoisotopic (exact) mass is 309 g/mol. The molecule has 5 heteroatoms. The van der Waals surface area contributed by atoms with Gasteiger partial charge in [-0.1, -0.05) is 12.1 Å². The molecule has 2 heterocycles. The Morgan fingerprint density at radius 1 is 1.22 bits per heavy atom. The second-order valence-corrected chi connectivity index (χ2v) is 5.55. The zero-order chi connectivity index (χ0) is 16.4. The van der Waals surface area contributed by atoms with Crippen LogP contribution in [-0.4, -0.2) is 21.9 Å². The number of carbonyl (C=O) groups excluding carboxylic acids is 1. The molecule has 0 radical (unpaired) electrons. The Labute approximate surface area is 134 Å². The van der Waals surface area contributed by atoms with Gasteiger partial charge in [-0.2, -0.15) is 0 Å². The van der Waals surface area contributed by atoms with Crippen molar-refractivity contribution in [3.05, 3.63) is 59.5 Å². The molecule has 118 valence electrons. The fourth-order valence-corrected chi connectivity index (χ4v) is 2.44. The van der Waals surface area contributed by atoms with Gasteiger partial charge in [-0.25, -0.2) is 4.98 Å². The number of aryl methyl sites for hydroxylation is 3. The van der Waals surface area contributed by atoms with E-state index in [4.69, 9.17) is 4.74 Å². The van der Waals surface area contributed by atoms with E-state index >= 15 is 0 Å². The molecular weight excluding hydrogens is 290 g/mol. The van der Waals surface area contributed by atoms with Crippen molar-refractivity contribution in [2.45, 2.75) is 20.8 Å². The summed E-state index contributed by atoms with van der Waals surface area (Å²) in [4.78, 5) is 16.6. The number of carbonyl (C=O) groups is 1. The van der Waals surface area contributed by atoms with Crippen molar-refractivity contribution in [2.75, 3.05) is 11.9 Å². The van der Waals surface area contributed by atoms with Gasteiger partial charge in [0.05, 0.1) is 11.4 Å². The predicted octanol–water partition coefficient (Wildman–Crippen LogP) is 3.28. The number of rotatable bonds is 4. The van der Waals surface area contributed by atoms with Crippen molar-refractivity contribution in [1.82, 2.24) is 9.38 Å². The molecule has 0 bridgehead atoms. The van der Waals surface area contributed by atoms with Crippen LogP contribution in [0, 0.1) is 20.8 Å². The number of anilines is 1. The lowest BCUT2D eigenvalue weighted by Gasteiger charge is -2.09. The van der Waals surface area contributed by atoms with E-state index in [9.17, 15) is 4.79 Å². The standard InChI is InChI=1S/C18H19N3O2/c1-12-6-4-7-15(10-12)23-11-17(22)20-16-8-5-9-21-14(3)13(2)19-18(16)21/h4-10H,11H2,1-3H3,(H,20,22). The Hall–Kier alpha value is -2.82. The van der Waals surface area contributed by atoms with Crippen LogP contribution in [0.5, 0.6) is 5.75 Å². The third-order valence-electron chi connectivity index (χ3n) is 3.76. The topological polar surface area (TPSA) is 55.6 Å². The first-order valence-corrected chi connectivity index (χ1v) is 7.48. The molecule has 1 amide bonds. The van der Waals surface area contributed by atoms with Gasteiger partial charge < -0.3 is 14.5 Å². The molecule has 3 aromatic rings. The number of benzene rings is 1. The summed E-state index contributed by atoms with van der Waals surface area (Å²) in [5, 5.41) is 2.86. The highest BCUT2D eigenvalue weighted by Gasteiger charge is 2.11. The van der Waals surface area contributed by atoms with Gasteiger partial charge in [0.1, 0.15) is 5.75 Å². The number of nitrogens with one attached hydrogen (secondary N) is 1. The Bertz CT molecular complexity index is 868. The summed E-state index contributed by atoms with van der Waals surface area (Å²) in [6, 6.07) is 11.3. The number of amides is 1. The highest BCUT2D eigenvalue weighted by Crippen LogP contribution is 2.19. The molecule has 0 unspecified atom stereocenters. The van der Waals surface area contributed by atoms with E-state index in [-0.39, 0.29) is 12.5 Å². The van der Waals surface area contributed by atoms with Crippen LogP contribution >= 0.6 is 0 Å². The zero-order valence-corrected chi connectivity index (χ0v) is 13.5. The van der Waals surface area contributed by atoms with E-state index in [0.29, 0.717) is 11.4 Å². The zero-order valence-electron chi connectivity index (χ0n) is 13.5. The van der Waals surface area contributed by atoms with Crippen molar-refractivity contribution in [2.24, 2.45) is 0 Å². The van der Waals surface area contributed by atoms with Crippen LogP contribution in [0.25, 0.3) is 5.65 Å². The smallest absolute Gasteiger partial charge is 0.262 e. The number of hydrogen-bond donors (Lipinski definition) is 1. The maximum Gasteiger partial charge on any atom is 0.262 e. The molecular formula is C18H19N3O2. The molecule has 23 heavy (non-hydrogen) atoms. The van der Waals surface area contributed by atoms with Crippen LogP contribution in [0.3, 0.4) is 0 Å². The van der Waals surface area contributed by atoms with Crippen molar-refractivity contribution in [1.29, 1.82) is 0 Å². The number of aromatic nitrogens is 2. The predicted molar refractivity (Wildman–Crippen MR) is 90.0 cm³/mol. The quantitative estimate of drug-likeness (QED) is 0.804. The summed E-state index contributed by atoms with van der Waals surface area (Å²) in [6.07, 6.45) is 1.93. The van der Waals surface area contributed by atoms with Gasteiger partial charge in [0.2, 0.25) is 0 Å². The van der Waals surface area contributed by atoms with Gasteiger partial charge in [0, 0.05) is 11.9 Å². The van der Waals surface area contributed by atoms with Gasteiger partial charge in [-0.05, 0) is 50.6 Å². The number of ether oxygens (including phenoxy) is 1. The third-order valence-corrected chi connectivity index (χ3v) is 3.76. The lowest BCUT2D eigenvalue weighted by atomic mass is 10.2. The second kappa shape index (κ2) is 6.12. The molecule has 0 aliphatic carbocycles. The fourth-order valence-electron chi connectivity index (χ4n) is 2.44. The maximum absolute atomic E-state index is 12.1. The van der Waals surface area contributed by atoms with Crippen molar-refractivity contribution < 1.29 is 9.53 Å². The van der Waals surface area contributed by atoms with Crippen LogP contribution in [-0.2, 0) is 4.79 Å². The second-order valence-electron chi connectivity index (χ2n) is 5.55. The van der Waals surface area contributed by atoms with E-state index in [1.165, 1.54) is 0 Å². The minimum absolute atomic E-state index is 0.0385. The van der Waals surface area contributed by atoms with Crippen LogP contribution in [0.1, 0.15) is 17.0 Å². The molecule has 0 saturated heterocycles. The molecule has 0 saturated carbocycles. The lowest BCUT2D eigenvalue weighted by molar-refractivity contribution is -0.118. The van der Waals surface area contributed by atoms with Crippen LogP contribution in [0.4, 0.5) is 5.69 Å². The maximum atomic E-state index is 12.1. The summed E-state index contributed by atoms with van der Waals surface area (Å²) in [6.45, 7) is 5.90. The van der Waals surface area contributed by atoms with Gasteiger partial charge in [-0.3, -0.25) is 4.79 Å². The average molecular weight is 309 g/mol. The van der Waals surface area contributed by atoms with E-state index < -0.39 is 0 Å². The molecule has 1 N–H and O–H groups in total. The Morgan fingerprint density at radius 3 is 2.83 bits per heavy atom. The summed E-state index contributed by atoms with van der Waals surface area (Å²) in [5.74, 6) is 0.476. The first kappa shape index (κ1) is 15.1. The van der Waals surface area contributed by atoms with E-state index in [1.54, 1.807) is 0 Å². The lowest BCUT2D eigenvalue weighted by Crippen LogP contribution is -2.20. The Balaban J connectivity index is 1.72. The molecule has 0 aliphatic heterocycles. The SMILES string of the molecule is Cc1cccc(OCC(=O)Nc2cccn3c(C)c(C)nc23)c1. The molecule has 1 aromatic carbocycles. The number of pyridine rings is 1.